The summed E-state index contributed by atoms with van der Waals surface area (Å²) in [6, 6.07) is 15.7. The lowest BCUT2D eigenvalue weighted by Gasteiger charge is -2.25. The molecule has 6 nitrogen and oxygen atoms in total. The molecule has 128 valence electrons. The zero-order valence-corrected chi connectivity index (χ0v) is 13.9. The Morgan fingerprint density at radius 2 is 2.08 bits per heavy atom. The number of para-hydroxylation sites is 1. The Bertz CT molecular complexity index is 817. The molecule has 1 atom stereocenters. The van der Waals surface area contributed by atoms with E-state index < -0.39 is 0 Å². The van der Waals surface area contributed by atoms with Crippen LogP contribution in [0.3, 0.4) is 0 Å². The minimum Gasteiger partial charge on any atom is -0.439 e. The average Bonchev–Trinajstić information content (AvgIpc) is 3.11. The lowest BCUT2D eigenvalue weighted by atomic mass is 10.1. The Labute approximate surface area is 146 Å². The molecular formula is C19H21N5O. The number of nitrogens with one attached hydrogen (secondary N) is 2. The number of fused-ring (bicyclic) bond motifs is 1. The van der Waals surface area contributed by atoms with Gasteiger partial charge in [0.25, 0.3) is 0 Å². The molecule has 0 amide bonds. The predicted octanol–water partition coefficient (Wildman–Crippen LogP) is 2.90. The van der Waals surface area contributed by atoms with Crippen LogP contribution in [0.25, 0.3) is 0 Å². The van der Waals surface area contributed by atoms with Crippen molar-refractivity contribution in [1.82, 2.24) is 20.1 Å². The van der Waals surface area contributed by atoms with E-state index in [2.05, 4.69) is 20.7 Å². The molecule has 2 N–H and O–H groups in total. The molecule has 4 rings (SSSR count). The Balaban J connectivity index is 1.29. The van der Waals surface area contributed by atoms with Crippen molar-refractivity contribution >= 4 is 5.82 Å². The van der Waals surface area contributed by atoms with Crippen molar-refractivity contribution in [2.24, 2.45) is 5.92 Å². The highest BCUT2D eigenvalue weighted by Crippen LogP contribution is 2.19. The van der Waals surface area contributed by atoms with Gasteiger partial charge in [-0.3, -0.25) is 0 Å². The van der Waals surface area contributed by atoms with Crippen LogP contribution < -0.4 is 15.4 Å². The fourth-order valence-corrected chi connectivity index (χ4v) is 2.97. The van der Waals surface area contributed by atoms with E-state index >= 15 is 0 Å². The summed E-state index contributed by atoms with van der Waals surface area (Å²) in [4.78, 5) is 4.28. The minimum atomic E-state index is 0.522. The monoisotopic (exact) mass is 335 g/mol. The lowest BCUT2D eigenvalue weighted by molar-refractivity contribution is 0.391. The van der Waals surface area contributed by atoms with Crippen LogP contribution in [0.4, 0.5) is 5.82 Å². The fraction of sp³-hybridized carbons (Fsp3) is 0.263. The van der Waals surface area contributed by atoms with Crippen molar-refractivity contribution in [2.45, 2.75) is 13.1 Å². The van der Waals surface area contributed by atoms with Gasteiger partial charge in [-0.05, 0) is 23.8 Å². The van der Waals surface area contributed by atoms with Gasteiger partial charge in [0.15, 0.2) is 0 Å². The first-order chi connectivity index (χ1) is 12.4. The van der Waals surface area contributed by atoms with Gasteiger partial charge in [-0.15, -0.1) is 0 Å². The molecule has 1 aromatic carbocycles. The van der Waals surface area contributed by atoms with Crippen molar-refractivity contribution < 1.29 is 4.74 Å². The Morgan fingerprint density at radius 3 is 3.00 bits per heavy atom. The SMILES string of the molecule is c1ccc(Oc2cc(CNC[C@H]3CNc4ccnn4C3)ccn2)cc1. The molecule has 25 heavy (non-hydrogen) atoms. The van der Waals surface area contributed by atoms with E-state index in [9.17, 15) is 0 Å². The van der Waals surface area contributed by atoms with E-state index in [1.54, 1.807) is 6.20 Å². The average molecular weight is 335 g/mol. The summed E-state index contributed by atoms with van der Waals surface area (Å²) in [5, 5.41) is 11.3. The van der Waals surface area contributed by atoms with Gasteiger partial charge in [-0.2, -0.15) is 5.10 Å². The molecule has 1 aliphatic heterocycles. The number of aromatic nitrogens is 3. The molecule has 3 heterocycles. The molecule has 0 fully saturated rings. The number of nitrogens with zero attached hydrogens (tertiary/aromatic N) is 3. The predicted molar refractivity (Wildman–Crippen MR) is 96.7 cm³/mol. The number of benzene rings is 1. The number of ether oxygens (including phenoxy) is 1. The van der Waals surface area contributed by atoms with Gasteiger partial charge in [-0.25, -0.2) is 9.67 Å². The summed E-state index contributed by atoms with van der Waals surface area (Å²) in [5.41, 5.74) is 1.16. The summed E-state index contributed by atoms with van der Waals surface area (Å²) in [6.07, 6.45) is 3.62. The Kier molecular flexibility index (Phi) is 4.61. The highest BCUT2D eigenvalue weighted by atomic mass is 16.5. The van der Waals surface area contributed by atoms with Crippen molar-refractivity contribution in [3.63, 3.8) is 0 Å². The largest absolute Gasteiger partial charge is 0.439 e. The third-order valence-electron chi connectivity index (χ3n) is 4.25. The lowest BCUT2D eigenvalue weighted by Crippen LogP contribution is -2.35. The Morgan fingerprint density at radius 1 is 1.16 bits per heavy atom. The first kappa shape index (κ1) is 15.7. The maximum Gasteiger partial charge on any atom is 0.219 e. The maximum absolute atomic E-state index is 5.79. The summed E-state index contributed by atoms with van der Waals surface area (Å²) in [5.74, 6) is 3.04. The highest BCUT2D eigenvalue weighted by molar-refractivity contribution is 5.35. The van der Waals surface area contributed by atoms with Crippen LogP contribution in [0.5, 0.6) is 11.6 Å². The Hall–Kier alpha value is -2.86. The van der Waals surface area contributed by atoms with Crippen LogP contribution in [-0.4, -0.2) is 27.9 Å². The van der Waals surface area contributed by atoms with Gasteiger partial charge in [0, 0.05) is 50.4 Å². The van der Waals surface area contributed by atoms with Crippen LogP contribution in [0.2, 0.25) is 0 Å². The van der Waals surface area contributed by atoms with Gasteiger partial charge >= 0.3 is 0 Å². The van der Waals surface area contributed by atoms with E-state index in [0.717, 1.165) is 43.3 Å². The maximum atomic E-state index is 5.79. The van der Waals surface area contributed by atoms with Gasteiger partial charge < -0.3 is 15.4 Å². The molecule has 0 radical (unpaired) electrons. The summed E-state index contributed by atoms with van der Waals surface area (Å²) >= 11 is 0. The number of hydrogen-bond acceptors (Lipinski definition) is 5. The summed E-state index contributed by atoms with van der Waals surface area (Å²) in [6.45, 7) is 3.64. The third kappa shape index (κ3) is 3.97. The van der Waals surface area contributed by atoms with Gasteiger partial charge in [0.05, 0.1) is 6.20 Å². The van der Waals surface area contributed by atoms with Crippen LogP contribution in [0, 0.1) is 5.92 Å². The van der Waals surface area contributed by atoms with Crippen molar-refractivity contribution in [1.29, 1.82) is 0 Å². The highest BCUT2D eigenvalue weighted by Gasteiger charge is 2.17. The molecule has 0 aliphatic carbocycles. The molecule has 0 spiro atoms. The molecule has 6 heteroatoms. The van der Waals surface area contributed by atoms with Gasteiger partial charge in [0.2, 0.25) is 5.88 Å². The van der Waals surface area contributed by atoms with E-state index in [1.807, 2.05) is 59.4 Å². The zero-order valence-electron chi connectivity index (χ0n) is 13.9. The van der Waals surface area contributed by atoms with E-state index in [1.165, 1.54) is 0 Å². The molecular weight excluding hydrogens is 314 g/mol. The number of hydrogen-bond donors (Lipinski definition) is 2. The first-order valence-electron chi connectivity index (χ1n) is 8.51. The topological polar surface area (TPSA) is 64.0 Å². The minimum absolute atomic E-state index is 0.522. The number of anilines is 1. The van der Waals surface area contributed by atoms with Crippen LogP contribution in [0.15, 0.2) is 60.9 Å². The van der Waals surface area contributed by atoms with Crippen molar-refractivity contribution in [2.75, 3.05) is 18.4 Å². The van der Waals surface area contributed by atoms with Crippen molar-refractivity contribution in [3.8, 4) is 11.6 Å². The van der Waals surface area contributed by atoms with E-state index in [-0.39, 0.29) is 0 Å². The van der Waals surface area contributed by atoms with E-state index in [0.29, 0.717) is 11.8 Å². The molecule has 0 saturated carbocycles. The van der Waals surface area contributed by atoms with Crippen LogP contribution in [0.1, 0.15) is 5.56 Å². The third-order valence-corrected chi connectivity index (χ3v) is 4.25. The molecule has 3 aromatic rings. The standard InChI is InChI=1S/C19H21N5O/c1-2-4-17(5-3-1)25-19-10-15(6-8-21-19)11-20-12-16-13-22-18-7-9-23-24(18)14-16/h1-10,16,20,22H,11-14H2/t16-/m0/s1. The number of rotatable bonds is 6. The van der Waals surface area contributed by atoms with Crippen LogP contribution >= 0.6 is 0 Å². The quantitative estimate of drug-likeness (QED) is 0.725. The van der Waals surface area contributed by atoms with E-state index in [4.69, 9.17) is 4.74 Å². The van der Waals surface area contributed by atoms with Crippen LogP contribution in [-0.2, 0) is 13.1 Å². The first-order valence-corrected chi connectivity index (χ1v) is 8.51. The molecule has 2 aromatic heterocycles. The second-order valence-corrected chi connectivity index (χ2v) is 6.19. The summed E-state index contributed by atoms with van der Waals surface area (Å²) < 4.78 is 7.81. The van der Waals surface area contributed by atoms with Gasteiger partial charge in [0.1, 0.15) is 11.6 Å². The fourth-order valence-electron chi connectivity index (χ4n) is 2.97. The summed E-state index contributed by atoms with van der Waals surface area (Å²) in [7, 11) is 0. The normalized spacial score (nSPS) is 16.1. The van der Waals surface area contributed by atoms with Gasteiger partial charge in [-0.1, -0.05) is 18.2 Å². The smallest absolute Gasteiger partial charge is 0.219 e. The molecule has 0 unspecified atom stereocenters. The number of pyridine rings is 1. The molecule has 0 bridgehead atoms. The molecule has 0 saturated heterocycles. The zero-order chi connectivity index (χ0) is 16.9. The molecule has 1 aliphatic rings. The second kappa shape index (κ2) is 7.36. The van der Waals surface area contributed by atoms with Crippen molar-refractivity contribution in [3.05, 3.63) is 66.5 Å². The second-order valence-electron chi connectivity index (χ2n) is 6.19.